The van der Waals surface area contributed by atoms with Crippen LogP contribution in [0.4, 0.5) is 5.69 Å². The van der Waals surface area contributed by atoms with Gasteiger partial charge in [-0.15, -0.1) is 0 Å². The van der Waals surface area contributed by atoms with Crippen molar-refractivity contribution in [2.75, 3.05) is 0 Å². The third kappa shape index (κ3) is 4.44. The molecule has 170 valence electrons. The van der Waals surface area contributed by atoms with Gasteiger partial charge in [-0.25, -0.2) is 4.99 Å². The summed E-state index contributed by atoms with van der Waals surface area (Å²) >= 11 is 1.45. The highest BCUT2D eigenvalue weighted by atomic mass is 32.2. The van der Waals surface area contributed by atoms with Crippen LogP contribution in [0.5, 0.6) is 0 Å². The summed E-state index contributed by atoms with van der Waals surface area (Å²) in [5.74, 6) is 0.00481. The normalized spacial score (nSPS) is 16.5. The number of hydrogen-bond acceptors (Lipinski definition) is 3. The van der Waals surface area contributed by atoms with Crippen molar-refractivity contribution in [3.63, 3.8) is 0 Å². The maximum Gasteiger partial charge on any atom is 0.266 e. The lowest BCUT2D eigenvalue weighted by molar-refractivity contribution is -0.123. The molecule has 4 nitrogen and oxygen atoms in total. The van der Waals surface area contributed by atoms with Crippen LogP contribution in [-0.4, -0.2) is 26.6 Å². The molecule has 0 saturated carbocycles. The third-order valence-electron chi connectivity index (χ3n) is 5.88. The predicted molar refractivity (Wildman–Crippen MR) is 143 cm³/mol. The Hall–Kier alpha value is -3.57. The number of aliphatic imine (C=N–C) groups is 1. The molecule has 0 atom stereocenters. The Bertz CT molecular complexity index is 1420. The van der Waals surface area contributed by atoms with Gasteiger partial charge in [0.25, 0.3) is 5.91 Å². The molecule has 5 rings (SSSR count). The Labute approximate surface area is 204 Å². The summed E-state index contributed by atoms with van der Waals surface area (Å²) in [5.41, 5.74) is 5.56. The van der Waals surface area contributed by atoms with E-state index >= 15 is 0 Å². The Morgan fingerprint density at radius 1 is 0.971 bits per heavy atom. The summed E-state index contributed by atoms with van der Waals surface area (Å²) in [4.78, 5) is 20.6. The zero-order chi connectivity index (χ0) is 23.7. The van der Waals surface area contributed by atoms with Crippen LogP contribution in [0.15, 0.2) is 95.0 Å². The van der Waals surface area contributed by atoms with Crippen molar-refractivity contribution in [3.05, 3.63) is 107 Å². The second-order valence-electron chi connectivity index (χ2n) is 8.83. The maximum atomic E-state index is 13.4. The maximum absolute atomic E-state index is 13.4. The lowest BCUT2D eigenvalue weighted by Crippen LogP contribution is -2.35. The van der Waals surface area contributed by atoms with Crippen LogP contribution in [0.2, 0.25) is 0 Å². The standard InChI is InChI=1S/C29H27N3OS/c1-20(2)32-28(33)27(34-29(32)30-24-12-5-4-6-13-24)17-23-19-31(26-15-8-7-14-25(23)26)18-22-11-9-10-21(3)16-22/h4-17,19-20H,18H2,1-3H3/b27-17+,30-29?. The number of amides is 1. The number of carbonyl (C=O) groups excluding carboxylic acids is 1. The summed E-state index contributed by atoms with van der Waals surface area (Å²) in [6.07, 6.45) is 4.17. The largest absolute Gasteiger partial charge is 0.342 e. The molecule has 4 aromatic rings. The Morgan fingerprint density at radius 3 is 2.50 bits per heavy atom. The van der Waals surface area contributed by atoms with E-state index in [1.807, 2.05) is 56.3 Å². The number of aromatic nitrogens is 1. The van der Waals surface area contributed by atoms with Crippen molar-refractivity contribution < 1.29 is 4.79 Å². The molecule has 0 N–H and O–H groups in total. The van der Waals surface area contributed by atoms with Crippen molar-refractivity contribution in [2.24, 2.45) is 4.99 Å². The second kappa shape index (κ2) is 9.35. The zero-order valence-corrected chi connectivity index (χ0v) is 20.4. The molecule has 0 bridgehead atoms. The van der Waals surface area contributed by atoms with Gasteiger partial charge in [0.05, 0.1) is 10.6 Å². The molecule has 0 unspecified atom stereocenters. The highest BCUT2D eigenvalue weighted by molar-refractivity contribution is 8.18. The van der Waals surface area contributed by atoms with Crippen LogP contribution in [0.3, 0.4) is 0 Å². The SMILES string of the molecule is Cc1cccc(Cn2cc(/C=C3/SC(=Nc4ccccc4)N(C(C)C)C3=O)c3ccccc32)c1. The van der Waals surface area contributed by atoms with Crippen LogP contribution < -0.4 is 0 Å². The first-order valence-corrected chi connectivity index (χ1v) is 12.3. The smallest absolute Gasteiger partial charge is 0.266 e. The van der Waals surface area contributed by atoms with Gasteiger partial charge in [-0.3, -0.25) is 9.69 Å². The number of rotatable bonds is 5. The molecule has 0 spiro atoms. The molecular formula is C29H27N3OS. The molecule has 1 aliphatic heterocycles. The van der Waals surface area contributed by atoms with Gasteiger partial charge in [-0.1, -0.05) is 66.2 Å². The first-order valence-electron chi connectivity index (χ1n) is 11.5. The Balaban J connectivity index is 1.54. The van der Waals surface area contributed by atoms with Gasteiger partial charge in [0.2, 0.25) is 0 Å². The van der Waals surface area contributed by atoms with E-state index < -0.39 is 0 Å². The van der Waals surface area contributed by atoms with Crippen molar-refractivity contribution in [2.45, 2.75) is 33.4 Å². The third-order valence-corrected chi connectivity index (χ3v) is 6.86. The number of carbonyl (C=O) groups is 1. The molecular weight excluding hydrogens is 438 g/mol. The summed E-state index contributed by atoms with van der Waals surface area (Å²) < 4.78 is 2.26. The molecule has 1 aromatic heterocycles. The monoisotopic (exact) mass is 465 g/mol. The minimum absolute atomic E-state index is 0.00481. The fourth-order valence-electron chi connectivity index (χ4n) is 4.30. The summed E-state index contributed by atoms with van der Waals surface area (Å²) in [6.45, 7) is 6.95. The Morgan fingerprint density at radius 2 is 1.74 bits per heavy atom. The van der Waals surface area contributed by atoms with Crippen molar-refractivity contribution in [1.29, 1.82) is 0 Å². The van der Waals surface area contributed by atoms with Crippen LogP contribution in [-0.2, 0) is 11.3 Å². The molecule has 2 heterocycles. The lowest BCUT2D eigenvalue weighted by Gasteiger charge is -2.19. The zero-order valence-electron chi connectivity index (χ0n) is 19.6. The van der Waals surface area contributed by atoms with E-state index in [1.54, 1.807) is 4.90 Å². The van der Waals surface area contributed by atoms with E-state index in [0.29, 0.717) is 4.91 Å². The number of para-hydroxylation sites is 2. The van der Waals surface area contributed by atoms with E-state index in [1.165, 1.54) is 22.9 Å². The molecule has 1 aliphatic rings. The van der Waals surface area contributed by atoms with Gasteiger partial charge in [0.1, 0.15) is 0 Å². The minimum atomic E-state index is 0.00481. The lowest BCUT2D eigenvalue weighted by atomic mass is 10.1. The summed E-state index contributed by atoms with van der Waals surface area (Å²) in [6, 6.07) is 26.8. The van der Waals surface area contributed by atoms with Crippen molar-refractivity contribution in [1.82, 2.24) is 9.47 Å². The average Bonchev–Trinajstić information content (AvgIpc) is 3.32. The predicted octanol–water partition coefficient (Wildman–Crippen LogP) is 7.01. The van der Waals surface area contributed by atoms with E-state index in [9.17, 15) is 4.79 Å². The number of amidine groups is 1. The second-order valence-corrected chi connectivity index (χ2v) is 9.84. The van der Waals surface area contributed by atoms with E-state index in [-0.39, 0.29) is 11.9 Å². The van der Waals surface area contributed by atoms with Gasteiger partial charge in [-0.2, -0.15) is 0 Å². The summed E-state index contributed by atoms with van der Waals surface area (Å²) in [7, 11) is 0. The topological polar surface area (TPSA) is 37.6 Å². The number of thioether (sulfide) groups is 1. The number of nitrogens with zero attached hydrogens (tertiary/aromatic N) is 3. The number of aryl methyl sites for hydroxylation is 1. The van der Waals surface area contributed by atoms with Crippen LogP contribution in [0.25, 0.3) is 17.0 Å². The fraction of sp³-hybridized carbons (Fsp3) is 0.172. The average molecular weight is 466 g/mol. The summed E-state index contributed by atoms with van der Waals surface area (Å²) in [5, 5.41) is 1.86. The van der Waals surface area contributed by atoms with Crippen molar-refractivity contribution in [3.8, 4) is 0 Å². The van der Waals surface area contributed by atoms with Gasteiger partial charge in [0.15, 0.2) is 5.17 Å². The molecule has 0 aliphatic carbocycles. The molecule has 0 radical (unpaired) electrons. The highest BCUT2D eigenvalue weighted by Gasteiger charge is 2.35. The molecule has 34 heavy (non-hydrogen) atoms. The molecule has 5 heteroatoms. The van der Waals surface area contributed by atoms with Crippen molar-refractivity contribution >= 4 is 45.5 Å². The number of benzene rings is 3. The fourth-order valence-corrected chi connectivity index (χ4v) is 5.41. The number of hydrogen-bond donors (Lipinski definition) is 0. The molecule has 1 fully saturated rings. The first kappa shape index (κ1) is 22.2. The molecule has 1 saturated heterocycles. The molecule has 3 aromatic carbocycles. The minimum Gasteiger partial charge on any atom is -0.342 e. The quantitative estimate of drug-likeness (QED) is 0.297. The van der Waals surface area contributed by atoms with E-state index in [2.05, 4.69) is 60.2 Å². The van der Waals surface area contributed by atoms with Gasteiger partial charge >= 0.3 is 0 Å². The highest BCUT2D eigenvalue weighted by Crippen LogP contribution is 2.36. The first-order chi connectivity index (χ1) is 16.5. The van der Waals surface area contributed by atoms with E-state index in [0.717, 1.165) is 33.9 Å². The van der Waals surface area contributed by atoms with Gasteiger partial charge in [0, 0.05) is 35.2 Å². The van der Waals surface area contributed by atoms with Crippen LogP contribution >= 0.6 is 11.8 Å². The molecule has 1 amide bonds. The van der Waals surface area contributed by atoms with E-state index in [4.69, 9.17) is 4.99 Å². The van der Waals surface area contributed by atoms with Crippen LogP contribution in [0.1, 0.15) is 30.5 Å². The van der Waals surface area contributed by atoms with Gasteiger partial charge < -0.3 is 4.57 Å². The number of fused-ring (bicyclic) bond motifs is 1. The van der Waals surface area contributed by atoms with Gasteiger partial charge in [-0.05, 0) is 62.4 Å². The Kier molecular flexibility index (Phi) is 6.12. The van der Waals surface area contributed by atoms with Crippen LogP contribution in [0, 0.1) is 6.92 Å².